The highest BCUT2D eigenvalue weighted by Gasteiger charge is 2.29. The lowest BCUT2D eigenvalue weighted by atomic mass is 10.2. The third-order valence-corrected chi connectivity index (χ3v) is 3.35. The van der Waals surface area contributed by atoms with Gasteiger partial charge >= 0.3 is 6.09 Å². The summed E-state index contributed by atoms with van der Waals surface area (Å²) < 4.78 is 5.38. The Kier molecular flexibility index (Phi) is 4.73. The van der Waals surface area contributed by atoms with Gasteiger partial charge in [-0.2, -0.15) is 0 Å². The van der Waals surface area contributed by atoms with E-state index in [-0.39, 0.29) is 18.7 Å². The van der Waals surface area contributed by atoms with Gasteiger partial charge in [0.15, 0.2) is 0 Å². The van der Waals surface area contributed by atoms with Crippen LogP contribution in [0.5, 0.6) is 0 Å². The lowest BCUT2D eigenvalue weighted by Crippen LogP contribution is -2.36. The molecule has 1 atom stereocenters. The fourth-order valence-electron chi connectivity index (χ4n) is 2.31. The molecule has 1 unspecified atom stereocenters. The first-order chi connectivity index (χ1) is 9.87. The molecule has 1 aromatic rings. The largest absolute Gasteiger partial charge is 0.444 e. The first kappa shape index (κ1) is 15.6. The van der Waals surface area contributed by atoms with Crippen molar-refractivity contribution in [3.05, 3.63) is 29.8 Å². The van der Waals surface area contributed by atoms with Crippen LogP contribution in [0.1, 0.15) is 32.8 Å². The molecule has 21 heavy (non-hydrogen) atoms. The second-order valence-corrected chi connectivity index (χ2v) is 6.41. The lowest BCUT2D eigenvalue weighted by molar-refractivity contribution is 0.0293. The van der Waals surface area contributed by atoms with E-state index in [2.05, 4.69) is 5.32 Å². The summed E-state index contributed by atoms with van der Waals surface area (Å²) in [5, 5.41) is 12.4. The molecule has 0 spiro atoms. The number of nitrogens with one attached hydrogen (secondary N) is 1. The molecule has 1 fully saturated rings. The van der Waals surface area contributed by atoms with E-state index < -0.39 is 5.60 Å². The maximum Gasteiger partial charge on any atom is 0.410 e. The third kappa shape index (κ3) is 4.63. The standard InChI is InChI=1S/C16H24N2O3/c1-16(2,3)21-15(20)18-9-8-14(10-18)17-13-6-4-12(11-19)5-7-13/h4-7,14,17,19H,8-11H2,1-3H3. The quantitative estimate of drug-likeness (QED) is 0.899. The van der Waals surface area contributed by atoms with Gasteiger partial charge < -0.3 is 20.1 Å². The van der Waals surface area contributed by atoms with Crippen molar-refractivity contribution >= 4 is 11.8 Å². The zero-order valence-electron chi connectivity index (χ0n) is 12.9. The highest BCUT2D eigenvalue weighted by molar-refractivity contribution is 5.68. The fourth-order valence-corrected chi connectivity index (χ4v) is 2.31. The monoisotopic (exact) mass is 292 g/mol. The Morgan fingerprint density at radius 2 is 2.05 bits per heavy atom. The van der Waals surface area contributed by atoms with Crippen LogP contribution in [0.15, 0.2) is 24.3 Å². The van der Waals surface area contributed by atoms with Gasteiger partial charge in [-0.3, -0.25) is 0 Å². The Bertz CT molecular complexity index is 479. The number of likely N-dealkylation sites (tertiary alicyclic amines) is 1. The Labute approximate surface area is 125 Å². The van der Waals surface area contributed by atoms with Crippen LogP contribution in [-0.4, -0.2) is 40.8 Å². The van der Waals surface area contributed by atoms with Crippen LogP contribution >= 0.6 is 0 Å². The number of carbonyl (C=O) groups excluding carboxylic acids is 1. The minimum Gasteiger partial charge on any atom is -0.444 e. The smallest absolute Gasteiger partial charge is 0.410 e. The van der Waals surface area contributed by atoms with Crippen LogP contribution in [0.2, 0.25) is 0 Å². The number of hydrogen-bond acceptors (Lipinski definition) is 4. The van der Waals surface area contributed by atoms with Gasteiger partial charge in [-0.1, -0.05) is 12.1 Å². The normalized spacial score (nSPS) is 18.7. The molecule has 1 aromatic carbocycles. The average molecular weight is 292 g/mol. The van der Waals surface area contributed by atoms with Crippen molar-refractivity contribution in [3.8, 4) is 0 Å². The van der Waals surface area contributed by atoms with Crippen LogP contribution in [-0.2, 0) is 11.3 Å². The van der Waals surface area contributed by atoms with Crippen molar-refractivity contribution in [2.75, 3.05) is 18.4 Å². The van der Waals surface area contributed by atoms with Crippen molar-refractivity contribution in [2.24, 2.45) is 0 Å². The first-order valence-corrected chi connectivity index (χ1v) is 7.31. The number of anilines is 1. The number of benzene rings is 1. The molecule has 1 aliphatic rings. The van der Waals surface area contributed by atoms with E-state index >= 15 is 0 Å². The highest BCUT2D eigenvalue weighted by Crippen LogP contribution is 2.19. The van der Waals surface area contributed by atoms with Crippen LogP contribution in [0, 0.1) is 0 Å². The number of rotatable bonds is 3. The van der Waals surface area contributed by atoms with E-state index in [4.69, 9.17) is 9.84 Å². The molecule has 0 saturated carbocycles. The SMILES string of the molecule is CC(C)(C)OC(=O)N1CCC(Nc2ccc(CO)cc2)C1. The molecule has 2 N–H and O–H groups in total. The Morgan fingerprint density at radius 1 is 1.38 bits per heavy atom. The molecule has 1 aliphatic heterocycles. The minimum atomic E-state index is -0.456. The maximum atomic E-state index is 12.0. The van der Waals surface area contributed by atoms with Crippen molar-refractivity contribution in [1.29, 1.82) is 0 Å². The Hall–Kier alpha value is -1.75. The molecule has 0 aromatic heterocycles. The summed E-state index contributed by atoms with van der Waals surface area (Å²) in [5.41, 5.74) is 1.44. The zero-order chi connectivity index (χ0) is 15.5. The maximum absolute atomic E-state index is 12.0. The van der Waals surface area contributed by atoms with E-state index in [1.165, 1.54) is 0 Å². The van der Waals surface area contributed by atoms with Crippen LogP contribution in [0.3, 0.4) is 0 Å². The second-order valence-electron chi connectivity index (χ2n) is 6.41. The average Bonchev–Trinajstić information content (AvgIpc) is 2.86. The minimum absolute atomic E-state index is 0.0517. The van der Waals surface area contributed by atoms with E-state index in [0.717, 1.165) is 17.7 Å². The van der Waals surface area contributed by atoms with Crippen LogP contribution in [0.4, 0.5) is 10.5 Å². The summed E-state index contributed by atoms with van der Waals surface area (Å²) >= 11 is 0. The van der Waals surface area contributed by atoms with E-state index in [1.807, 2.05) is 45.0 Å². The Balaban J connectivity index is 1.86. The number of aliphatic hydroxyl groups excluding tert-OH is 1. The predicted molar refractivity (Wildman–Crippen MR) is 82.2 cm³/mol. The summed E-state index contributed by atoms with van der Waals surface area (Å²) in [6, 6.07) is 7.91. The van der Waals surface area contributed by atoms with Crippen molar-refractivity contribution < 1.29 is 14.6 Å². The van der Waals surface area contributed by atoms with Crippen molar-refractivity contribution in [2.45, 2.75) is 45.4 Å². The number of carbonyl (C=O) groups is 1. The number of hydrogen-bond donors (Lipinski definition) is 2. The lowest BCUT2D eigenvalue weighted by Gasteiger charge is -2.24. The van der Waals surface area contributed by atoms with Crippen LogP contribution < -0.4 is 5.32 Å². The summed E-state index contributed by atoms with van der Waals surface area (Å²) in [5.74, 6) is 0. The molecule has 2 rings (SSSR count). The number of nitrogens with zero attached hydrogens (tertiary/aromatic N) is 1. The molecule has 1 heterocycles. The highest BCUT2D eigenvalue weighted by atomic mass is 16.6. The van der Waals surface area contributed by atoms with Gasteiger partial charge in [-0.05, 0) is 44.9 Å². The molecule has 116 valence electrons. The molecule has 0 radical (unpaired) electrons. The predicted octanol–water partition coefficient (Wildman–Crippen LogP) is 2.60. The topological polar surface area (TPSA) is 61.8 Å². The number of ether oxygens (including phenoxy) is 1. The molecule has 5 heteroatoms. The second kappa shape index (κ2) is 6.35. The summed E-state index contributed by atoms with van der Waals surface area (Å²) in [6.07, 6.45) is 0.656. The third-order valence-electron chi connectivity index (χ3n) is 3.35. The Morgan fingerprint density at radius 3 is 2.62 bits per heavy atom. The molecule has 5 nitrogen and oxygen atoms in total. The molecule has 0 aliphatic carbocycles. The summed E-state index contributed by atoms with van der Waals surface area (Å²) in [4.78, 5) is 13.7. The van der Waals surface area contributed by atoms with Crippen molar-refractivity contribution in [1.82, 2.24) is 4.90 Å². The van der Waals surface area contributed by atoms with Gasteiger partial charge in [0.05, 0.1) is 6.61 Å². The fraction of sp³-hybridized carbons (Fsp3) is 0.562. The van der Waals surface area contributed by atoms with Gasteiger partial charge in [-0.15, -0.1) is 0 Å². The van der Waals surface area contributed by atoms with Gasteiger partial charge in [-0.25, -0.2) is 4.79 Å². The summed E-state index contributed by atoms with van der Waals surface area (Å²) in [6.45, 7) is 7.03. The molecular formula is C16H24N2O3. The number of aliphatic hydroxyl groups is 1. The van der Waals surface area contributed by atoms with Gasteiger partial charge in [0.2, 0.25) is 0 Å². The van der Waals surface area contributed by atoms with E-state index in [9.17, 15) is 4.79 Å². The molecule has 1 saturated heterocycles. The van der Waals surface area contributed by atoms with E-state index in [0.29, 0.717) is 13.1 Å². The molecular weight excluding hydrogens is 268 g/mol. The van der Waals surface area contributed by atoms with E-state index in [1.54, 1.807) is 4.90 Å². The molecule has 0 bridgehead atoms. The van der Waals surface area contributed by atoms with Gasteiger partial charge in [0.1, 0.15) is 5.60 Å². The number of amides is 1. The van der Waals surface area contributed by atoms with Gasteiger partial charge in [0.25, 0.3) is 0 Å². The molecule has 1 amide bonds. The summed E-state index contributed by atoms with van der Waals surface area (Å²) in [7, 11) is 0. The first-order valence-electron chi connectivity index (χ1n) is 7.31. The van der Waals surface area contributed by atoms with Gasteiger partial charge in [0, 0.05) is 24.8 Å². The zero-order valence-corrected chi connectivity index (χ0v) is 12.9. The van der Waals surface area contributed by atoms with Crippen LogP contribution in [0.25, 0.3) is 0 Å². The van der Waals surface area contributed by atoms with Crippen molar-refractivity contribution in [3.63, 3.8) is 0 Å².